The van der Waals surface area contributed by atoms with Crippen molar-refractivity contribution >= 4 is 23.4 Å². The van der Waals surface area contributed by atoms with Crippen molar-refractivity contribution in [1.29, 1.82) is 5.26 Å². The maximum absolute atomic E-state index is 13.2. The van der Waals surface area contributed by atoms with Gasteiger partial charge >= 0.3 is 0 Å². The Bertz CT molecular complexity index is 905. The van der Waals surface area contributed by atoms with E-state index in [1.807, 2.05) is 35.2 Å². The highest BCUT2D eigenvalue weighted by molar-refractivity contribution is 8.03. The molecule has 0 radical (unpaired) electrons. The monoisotopic (exact) mass is 365 g/mol. The molecule has 130 valence electrons. The van der Waals surface area contributed by atoms with Crippen molar-refractivity contribution in [3.05, 3.63) is 76.6 Å². The van der Waals surface area contributed by atoms with E-state index in [1.54, 1.807) is 17.0 Å². The summed E-state index contributed by atoms with van der Waals surface area (Å²) in [5.74, 6) is 0.139. The van der Waals surface area contributed by atoms with E-state index in [4.69, 9.17) is 0 Å². The van der Waals surface area contributed by atoms with Crippen molar-refractivity contribution in [2.45, 2.75) is 12.3 Å². The number of thioether (sulfide) groups is 1. The molecule has 0 aliphatic carbocycles. The predicted molar refractivity (Wildman–Crippen MR) is 99.5 cm³/mol. The molecular weight excluding hydrogens is 349 g/mol. The standard InChI is InChI=1S/C20H16FN3OS/c21-15-6-8-16(9-7-15)23-12-24-19(25)10-17(14-4-2-1-3-5-14)18(11-22)20(24)26-13-23/h1-9,17H,10,12-13H2. The lowest BCUT2D eigenvalue weighted by atomic mass is 9.86. The number of amides is 1. The van der Waals surface area contributed by atoms with E-state index in [0.717, 1.165) is 16.3 Å². The number of rotatable bonds is 2. The van der Waals surface area contributed by atoms with Crippen LogP contribution in [0.2, 0.25) is 0 Å². The topological polar surface area (TPSA) is 47.3 Å². The molecule has 0 spiro atoms. The summed E-state index contributed by atoms with van der Waals surface area (Å²) < 4.78 is 13.2. The first-order valence-electron chi connectivity index (χ1n) is 8.30. The van der Waals surface area contributed by atoms with Crippen molar-refractivity contribution in [1.82, 2.24) is 4.90 Å². The predicted octanol–water partition coefficient (Wildman–Crippen LogP) is 4.05. The van der Waals surface area contributed by atoms with Gasteiger partial charge in [0.2, 0.25) is 5.91 Å². The fourth-order valence-electron chi connectivity index (χ4n) is 3.35. The summed E-state index contributed by atoms with van der Waals surface area (Å²) in [4.78, 5) is 16.5. The van der Waals surface area contributed by atoms with Gasteiger partial charge in [0, 0.05) is 18.0 Å². The second-order valence-corrected chi connectivity index (χ2v) is 7.18. The number of halogens is 1. The lowest BCUT2D eigenvalue weighted by Gasteiger charge is -2.42. The van der Waals surface area contributed by atoms with E-state index in [9.17, 15) is 14.4 Å². The van der Waals surface area contributed by atoms with Crippen molar-refractivity contribution in [3.8, 4) is 6.07 Å². The molecule has 2 heterocycles. The minimum Gasteiger partial charge on any atom is -0.344 e. The average molecular weight is 365 g/mol. The van der Waals surface area contributed by atoms with Gasteiger partial charge in [-0.3, -0.25) is 9.69 Å². The van der Waals surface area contributed by atoms with Gasteiger partial charge < -0.3 is 4.90 Å². The highest BCUT2D eigenvalue weighted by atomic mass is 32.2. The molecule has 2 aromatic carbocycles. The third kappa shape index (κ3) is 2.95. The molecule has 1 atom stereocenters. The Balaban J connectivity index is 1.66. The Labute approximate surface area is 155 Å². The normalized spacial score (nSPS) is 20.0. The minimum absolute atomic E-state index is 0.00663. The minimum atomic E-state index is -0.287. The van der Waals surface area contributed by atoms with Crippen LogP contribution in [-0.2, 0) is 4.79 Å². The van der Waals surface area contributed by atoms with Gasteiger partial charge in [0.1, 0.15) is 5.82 Å². The molecule has 0 N–H and O–H groups in total. The van der Waals surface area contributed by atoms with Crippen LogP contribution in [0.1, 0.15) is 17.9 Å². The van der Waals surface area contributed by atoms with E-state index < -0.39 is 0 Å². The molecule has 2 aromatic rings. The Morgan fingerprint density at radius 1 is 1.12 bits per heavy atom. The molecule has 26 heavy (non-hydrogen) atoms. The fraction of sp³-hybridized carbons (Fsp3) is 0.200. The largest absolute Gasteiger partial charge is 0.344 e. The highest BCUT2D eigenvalue weighted by Crippen LogP contribution is 2.43. The molecule has 1 amide bonds. The van der Waals surface area contributed by atoms with Crippen molar-refractivity contribution in [3.63, 3.8) is 0 Å². The van der Waals surface area contributed by atoms with Crippen LogP contribution in [-0.4, -0.2) is 23.4 Å². The van der Waals surface area contributed by atoms with Crippen LogP contribution in [0, 0.1) is 17.1 Å². The summed E-state index contributed by atoms with van der Waals surface area (Å²) in [7, 11) is 0. The molecule has 0 saturated carbocycles. The maximum atomic E-state index is 13.2. The molecule has 0 bridgehead atoms. The van der Waals surface area contributed by atoms with Crippen molar-refractivity contribution < 1.29 is 9.18 Å². The Hall–Kier alpha value is -2.78. The first-order chi connectivity index (χ1) is 12.7. The van der Waals surface area contributed by atoms with Gasteiger partial charge in [0.05, 0.1) is 29.2 Å². The van der Waals surface area contributed by atoms with Crippen LogP contribution >= 0.6 is 11.8 Å². The molecule has 2 aliphatic heterocycles. The van der Waals surface area contributed by atoms with Gasteiger partial charge in [0.25, 0.3) is 0 Å². The SMILES string of the molecule is N#CC1=C2SCN(c3ccc(F)cc3)CN2C(=O)CC1c1ccccc1. The van der Waals surface area contributed by atoms with Gasteiger partial charge in [-0.15, -0.1) is 0 Å². The Kier molecular flexibility index (Phi) is 4.39. The lowest BCUT2D eigenvalue weighted by molar-refractivity contribution is -0.129. The average Bonchev–Trinajstić information content (AvgIpc) is 2.69. The van der Waals surface area contributed by atoms with E-state index in [1.165, 1.54) is 23.9 Å². The fourth-order valence-corrected chi connectivity index (χ4v) is 4.52. The van der Waals surface area contributed by atoms with Gasteiger partial charge in [0.15, 0.2) is 0 Å². The quantitative estimate of drug-likeness (QED) is 0.806. The number of nitrogens with zero attached hydrogens (tertiary/aromatic N) is 3. The van der Waals surface area contributed by atoms with Gasteiger partial charge in [-0.05, 0) is 29.8 Å². The van der Waals surface area contributed by atoms with Crippen LogP contribution in [0.15, 0.2) is 65.2 Å². The van der Waals surface area contributed by atoms with E-state index in [0.29, 0.717) is 18.1 Å². The van der Waals surface area contributed by atoms with Crippen molar-refractivity contribution in [2.75, 3.05) is 17.4 Å². The molecule has 4 rings (SSSR count). The molecule has 0 aromatic heterocycles. The number of benzene rings is 2. The third-order valence-corrected chi connectivity index (χ3v) is 5.84. The van der Waals surface area contributed by atoms with Gasteiger partial charge in [-0.1, -0.05) is 42.1 Å². The summed E-state index contributed by atoms with van der Waals surface area (Å²) >= 11 is 1.48. The lowest BCUT2D eigenvalue weighted by Crippen LogP contribution is -2.47. The summed E-state index contributed by atoms with van der Waals surface area (Å²) in [5, 5.41) is 10.5. The highest BCUT2D eigenvalue weighted by Gasteiger charge is 2.38. The number of anilines is 1. The summed E-state index contributed by atoms with van der Waals surface area (Å²) in [6.45, 7) is 0.374. The van der Waals surface area contributed by atoms with Crippen molar-refractivity contribution in [2.24, 2.45) is 0 Å². The van der Waals surface area contributed by atoms with E-state index in [2.05, 4.69) is 6.07 Å². The smallest absolute Gasteiger partial charge is 0.229 e. The second kappa shape index (κ2) is 6.85. The number of fused-ring (bicyclic) bond motifs is 1. The number of carbonyl (C=O) groups is 1. The van der Waals surface area contributed by atoms with Crippen LogP contribution in [0.5, 0.6) is 0 Å². The summed E-state index contributed by atoms with van der Waals surface area (Å²) in [6.07, 6.45) is 0.286. The summed E-state index contributed by atoms with van der Waals surface area (Å²) in [5.41, 5.74) is 2.50. The first-order valence-corrected chi connectivity index (χ1v) is 9.29. The van der Waals surface area contributed by atoms with E-state index >= 15 is 0 Å². The first kappa shape index (κ1) is 16.7. The van der Waals surface area contributed by atoms with Crippen LogP contribution < -0.4 is 4.90 Å². The molecule has 1 unspecified atom stereocenters. The number of allylic oxidation sites excluding steroid dienone is 1. The maximum Gasteiger partial charge on any atom is 0.229 e. The zero-order valence-electron chi connectivity index (χ0n) is 13.9. The van der Waals surface area contributed by atoms with Gasteiger partial charge in [-0.25, -0.2) is 4.39 Å². The Morgan fingerprint density at radius 3 is 2.54 bits per heavy atom. The number of hydrogen-bond acceptors (Lipinski definition) is 4. The number of nitriles is 1. The second-order valence-electron chi connectivity index (χ2n) is 6.25. The van der Waals surface area contributed by atoms with Crippen LogP contribution in [0.25, 0.3) is 0 Å². The summed E-state index contributed by atoms with van der Waals surface area (Å²) in [6, 6.07) is 18.3. The van der Waals surface area contributed by atoms with Crippen LogP contribution in [0.4, 0.5) is 10.1 Å². The molecule has 6 heteroatoms. The molecule has 4 nitrogen and oxygen atoms in total. The molecule has 2 aliphatic rings. The van der Waals surface area contributed by atoms with E-state index in [-0.39, 0.29) is 24.1 Å². The van der Waals surface area contributed by atoms with Crippen LogP contribution in [0.3, 0.4) is 0 Å². The molecule has 1 fully saturated rings. The Morgan fingerprint density at radius 2 is 1.85 bits per heavy atom. The number of hydrogen-bond donors (Lipinski definition) is 0. The number of carbonyl (C=O) groups excluding carboxylic acids is 1. The zero-order valence-corrected chi connectivity index (χ0v) is 14.7. The molecule has 1 saturated heterocycles. The zero-order chi connectivity index (χ0) is 18.1. The third-order valence-electron chi connectivity index (χ3n) is 4.69. The molecular formula is C20H16FN3OS. The van der Waals surface area contributed by atoms with Gasteiger partial charge in [-0.2, -0.15) is 5.26 Å².